The van der Waals surface area contributed by atoms with Gasteiger partial charge >= 0.3 is 0 Å². The molecule has 0 saturated heterocycles. The second-order valence-electron chi connectivity index (χ2n) is 9.76. The number of hydrogen-bond donors (Lipinski definition) is 0. The third-order valence-corrected chi connectivity index (χ3v) is 8.46. The zero-order valence-corrected chi connectivity index (χ0v) is 15.9. The van der Waals surface area contributed by atoms with Gasteiger partial charge in [0.05, 0.1) is 0 Å². The molecule has 4 aliphatic rings. The minimum Gasteiger partial charge on any atom is -0.300 e. The Morgan fingerprint density at radius 3 is 2.60 bits per heavy atom. The van der Waals surface area contributed by atoms with E-state index in [0.717, 1.165) is 25.7 Å². The lowest BCUT2D eigenvalue weighted by molar-refractivity contribution is -0.149. The third kappa shape index (κ3) is 2.20. The van der Waals surface area contributed by atoms with Gasteiger partial charge in [0.2, 0.25) is 0 Å². The van der Waals surface area contributed by atoms with Crippen molar-refractivity contribution in [3.05, 3.63) is 11.6 Å². The zero-order chi connectivity index (χ0) is 18.1. The highest BCUT2D eigenvalue weighted by molar-refractivity contribution is 5.93. The van der Waals surface area contributed by atoms with Gasteiger partial charge in [0, 0.05) is 24.7 Å². The number of carbonyl (C=O) groups is 3. The number of fused-ring (bicyclic) bond motifs is 5. The summed E-state index contributed by atoms with van der Waals surface area (Å²) in [4.78, 5) is 37.6. The number of ketones is 3. The maximum Gasteiger partial charge on any atom is 0.155 e. The number of hydrogen-bond acceptors (Lipinski definition) is 3. The van der Waals surface area contributed by atoms with Crippen LogP contribution >= 0.6 is 0 Å². The molecule has 0 aromatic carbocycles. The summed E-state index contributed by atoms with van der Waals surface area (Å²) >= 11 is 0. The summed E-state index contributed by atoms with van der Waals surface area (Å²) in [6, 6.07) is 0. The molecule has 136 valence electrons. The van der Waals surface area contributed by atoms with Crippen molar-refractivity contribution in [3.8, 4) is 0 Å². The molecule has 3 nitrogen and oxygen atoms in total. The molecule has 0 unspecified atom stereocenters. The van der Waals surface area contributed by atoms with Crippen LogP contribution in [0.1, 0.15) is 66.2 Å². The standard InChI is InChI=1S/C22H30O3/c1-12-9-15-17-6-5-16(13(2)23)22(17,4)11-19(25)20(15)21(3)8-7-14(24)10-18(12)21/h10,12,15-17,20H,5-9,11H2,1-4H3/t12-,15-,16-,17+,20-,21-,22+/m0/s1. The summed E-state index contributed by atoms with van der Waals surface area (Å²) in [5, 5.41) is 0. The molecule has 0 N–H and O–H groups in total. The minimum absolute atomic E-state index is 0.0480. The molecule has 0 amide bonds. The first-order valence-corrected chi connectivity index (χ1v) is 9.96. The summed E-state index contributed by atoms with van der Waals surface area (Å²) in [6.45, 7) is 8.37. The predicted octanol–water partition coefficient (Wildman–Crippen LogP) is 4.15. The Balaban J connectivity index is 1.77. The Morgan fingerprint density at radius 1 is 1.20 bits per heavy atom. The number of Topliss-reactive ketones (excluding diaryl/α,β-unsaturated/α-hetero) is 2. The molecular formula is C22H30O3. The van der Waals surface area contributed by atoms with Gasteiger partial charge < -0.3 is 0 Å². The van der Waals surface area contributed by atoms with Gasteiger partial charge in [-0.1, -0.05) is 26.3 Å². The van der Waals surface area contributed by atoms with Crippen LogP contribution in [0.3, 0.4) is 0 Å². The second-order valence-corrected chi connectivity index (χ2v) is 9.76. The maximum atomic E-state index is 13.4. The Kier molecular flexibility index (Phi) is 3.69. The van der Waals surface area contributed by atoms with Gasteiger partial charge in [0.1, 0.15) is 11.6 Å². The van der Waals surface area contributed by atoms with E-state index in [2.05, 4.69) is 20.8 Å². The molecule has 0 aliphatic heterocycles. The molecule has 7 atom stereocenters. The predicted molar refractivity (Wildman–Crippen MR) is 95.8 cm³/mol. The first-order valence-electron chi connectivity index (χ1n) is 9.96. The van der Waals surface area contributed by atoms with Gasteiger partial charge in [-0.25, -0.2) is 0 Å². The Labute approximate surface area is 150 Å². The van der Waals surface area contributed by atoms with Crippen LogP contribution in [0.2, 0.25) is 0 Å². The van der Waals surface area contributed by atoms with Crippen molar-refractivity contribution < 1.29 is 14.4 Å². The van der Waals surface area contributed by atoms with Crippen molar-refractivity contribution in [2.45, 2.75) is 66.2 Å². The molecule has 0 aromatic heterocycles. The van der Waals surface area contributed by atoms with Crippen LogP contribution in [0.25, 0.3) is 0 Å². The molecule has 0 heterocycles. The zero-order valence-electron chi connectivity index (χ0n) is 15.9. The van der Waals surface area contributed by atoms with E-state index >= 15 is 0 Å². The maximum absolute atomic E-state index is 13.4. The number of allylic oxidation sites excluding steroid dienone is 1. The van der Waals surface area contributed by atoms with Crippen molar-refractivity contribution in [3.63, 3.8) is 0 Å². The van der Waals surface area contributed by atoms with Crippen LogP contribution in [0.15, 0.2) is 11.6 Å². The van der Waals surface area contributed by atoms with E-state index in [1.165, 1.54) is 5.57 Å². The molecule has 3 saturated carbocycles. The molecular weight excluding hydrogens is 312 g/mol. The summed E-state index contributed by atoms with van der Waals surface area (Å²) in [6.07, 6.45) is 6.81. The van der Waals surface area contributed by atoms with Crippen LogP contribution in [-0.2, 0) is 14.4 Å². The highest BCUT2D eigenvalue weighted by Gasteiger charge is 2.63. The molecule has 0 bridgehead atoms. The van der Waals surface area contributed by atoms with Gasteiger partial charge in [-0.15, -0.1) is 0 Å². The van der Waals surface area contributed by atoms with Gasteiger partial charge in [-0.05, 0) is 67.3 Å². The van der Waals surface area contributed by atoms with Crippen molar-refractivity contribution in [1.82, 2.24) is 0 Å². The highest BCUT2D eigenvalue weighted by Crippen LogP contribution is 2.66. The largest absolute Gasteiger partial charge is 0.300 e. The minimum atomic E-state index is -0.150. The Morgan fingerprint density at radius 2 is 1.92 bits per heavy atom. The van der Waals surface area contributed by atoms with E-state index in [0.29, 0.717) is 36.4 Å². The van der Waals surface area contributed by atoms with Crippen LogP contribution in [-0.4, -0.2) is 17.3 Å². The number of rotatable bonds is 1. The van der Waals surface area contributed by atoms with Gasteiger partial charge in [0.15, 0.2) is 5.78 Å². The van der Waals surface area contributed by atoms with E-state index < -0.39 is 0 Å². The van der Waals surface area contributed by atoms with Crippen LogP contribution in [0.5, 0.6) is 0 Å². The molecule has 4 rings (SSSR count). The SMILES string of the molecule is CC(=O)[C@@H]1CC[C@@H]2[C@@H]3C[C@H](C)C4=CC(=O)CC[C@]4(C)[C@@H]3C(=O)C[C@@]21C. The van der Waals surface area contributed by atoms with Crippen LogP contribution in [0, 0.1) is 40.4 Å². The molecule has 25 heavy (non-hydrogen) atoms. The van der Waals surface area contributed by atoms with Crippen LogP contribution in [0.4, 0.5) is 0 Å². The van der Waals surface area contributed by atoms with E-state index in [1.807, 2.05) is 6.08 Å². The molecule has 0 spiro atoms. The average molecular weight is 342 g/mol. The lowest BCUT2D eigenvalue weighted by Crippen LogP contribution is -2.56. The van der Waals surface area contributed by atoms with E-state index in [4.69, 9.17) is 0 Å². The molecule has 0 radical (unpaired) electrons. The Hall–Kier alpha value is -1.25. The molecule has 4 aliphatic carbocycles. The molecule has 3 heteroatoms. The topological polar surface area (TPSA) is 51.2 Å². The van der Waals surface area contributed by atoms with Gasteiger partial charge in [-0.3, -0.25) is 14.4 Å². The van der Waals surface area contributed by atoms with Crippen molar-refractivity contribution in [2.24, 2.45) is 40.4 Å². The van der Waals surface area contributed by atoms with Crippen LogP contribution < -0.4 is 0 Å². The fourth-order valence-electron chi connectivity index (χ4n) is 7.49. The fraction of sp³-hybridized carbons (Fsp3) is 0.773. The van der Waals surface area contributed by atoms with Crippen molar-refractivity contribution in [2.75, 3.05) is 0 Å². The summed E-state index contributed by atoms with van der Waals surface area (Å²) in [7, 11) is 0. The smallest absolute Gasteiger partial charge is 0.155 e. The normalized spacial score (nSPS) is 49.1. The van der Waals surface area contributed by atoms with Gasteiger partial charge in [-0.2, -0.15) is 0 Å². The summed E-state index contributed by atoms with van der Waals surface area (Å²) in [5.74, 6) is 2.15. The quantitative estimate of drug-likeness (QED) is 0.719. The molecule has 0 aromatic rings. The summed E-state index contributed by atoms with van der Waals surface area (Å²) in [5.41, 5.74) is 0.928. The van der Waals surface area contributed by atoms with E-state index in [1.54, 1.807) is 6.92 Å². The highest BCUT2D eigenvalue weighted by atomic mass is 16.1. The fourth-order valence-corrected chi connectivity index (χ4v) is 7.49. The third-order valence-electron chi connectivity index (χ3n) is 8.46. The first kappa shape index (κ1) is 17.2. The lowest BCUT2D eigenvalue weighted by Gasteiger charge is -2.58. The van der Waals surface area contributed by atoms with Gasteiger partial charge in [0.25, 0.3) is 0 Å². The summed E-state index contributed by atoms with van der Waals surface area (Å²) < 4.78 is 0. The van der Waals surface area contributed by atoms with Crippen molar-refractivity contribution >= 4 is 17.3 Å². The second kappa shape index (κ2) is 5.37. The first-order chi connectivity index (χ1) is 11.7. The van der Waals surface area contributed by atoms with E-state index in [-0.39, 0.29) is 34.2 Å². The lowest BCUT2D eigenvalue weighted by atomic mass is 9.45. The van der Waals surface area contributed by atoms with E-state index in [9.17, 15) is 14.4 Å². The Bertz CT molecular complexity index is 689. The molecule has 3 fully saturated rings. The monoisotopic (exact) mass is 342 g/mol. The van der Waals surface area contributed by atoms with Crippen molar-refractivity contribution in [1.29, 1.82) is 0 Å². The number of carbonyl (C=O) groups excluding carboxylic acids is 3. The average Bonchev–Trinajstić information content (AvgIpc) is 2.85.